The number of carboxylic acids is 1. The number of benzene rings is 1. The lowest BCUT2D eigenvalue weighted by atomic mass is 9.72. The number of hydrogen-bond acceptors (Lipinski definition) is 4. The van der Waals surface area contributed by atoms with Gasteiger partial charge in [-0.25, -0.2) is 0 Å². The Morgan fingerprint density at radius 2 is 2.10 bits per heavy atom. The van der Waals surface area contributed by atoms with Gasteiger partial charge in [0, 0.05) is 12.5 Å². The Morgan fingerprint density at radius 3 is 2.62 bits per heavy atom. The smallest absolute Gasteiger partial charge is 0.118 e. The molecule has 118 valence electrons. The zero-order chi connectivity index (χ0) is 14.4. The molecule has 1 N–H and O–H groups in total. The molecule has 5 heteroatoms. The summed E-state index contributed by atoms with van der Waals surface area (Å²) >= 11 is 0. The highest BCUT2D eigenvalue weighted by Crippen LogP contribution is 2.35. The van der Waals surface area contributed by atoms with Crippen molar-refractivity contribution in [2.24, 2.45) is 5.41 Å². The van der Waals surface area contributed by atoms with Gasteiger partial charge in [0.1, 0.15) is 5.75 Å². The summed E-state index contributed by atoms with van der Waals surface area (Å²) < 4.78 is 5.16. The molecule has 0 saturated carbocycles. The molecule has 1 unspecified atom stereocenters. The first kappa shape index (κ1) is 17.8. The van der Waals surface area contributed by atoms with E-state index in [0.29, 0.717) is 6.42 Å². The Balaban J connectivity index is 0.00000220. The van der Waals surface area contributed by atoms with Crippen LogP contribution in [-0.4, -0.2) is 26.2 Å². The van der Waals surface area contributed by atoms with Crippen molar-refractivity contribution in [3.63, 3.8) is 0 Å². The van der Waals surface area contributed by atoms with Crippen LogP contribution in [0.25, 0.3) is 0 Å². The number of nitrogens with one attached hydrogen (secondary N) is 1. The number of aliphatic carboxylic acids is 1. The van der Waals surface area contributed by atoms with Gasteiger partial charge in [0.25, 0.3) is 0 Å². The van der Waals surface area contributed by atoms with Crippen LogP contribution in [-0.2, 0) is 11.2 Å². The number of halogens is 1. The zero-order valence-corrected chi connectivity index (χ0v) is 13.2. The number of carboxylic acid groups (broad SMARTS) is 1. The number of hydrogen-bond donors (Lipinski definition) is 1. The minimum atomic E-state index is -0.954. The maximum Gasteiger partial charge on any atom is 0.118 e. The number of carbonyl (C=O) groups excluding carboxylic acids is 1. The van der Waals surface area contributed by atoms with Crippen LogP contribution < -0.4 is 15.2 Å². The summed E-state index contributed by atoms with van der Waals surface area (Å²) in [7, 11) is 1.65. The van der Waals surface area contributed by atoms with E-state index in [1.807, 2.05) is 12.1 Å². The second-order valence-corrected chi connectivity index (χ2v) is 5.68. The molecule has 4 nitrogen and oxygen atoms in total. The second-order valence-electron chi connectivity index (χ2n) is 5.68. The van der Waals surface area contributed by atoms with Crippen LogP contribution in [0.15, 0.2) is 24.3 Å². The van der Waals surface area contributed by atoms with Crippen molar-refractivity contribution < 1.29 is 14.6 Å². The topological polar surface area (TPSA) is 61.4 Å². The van der Waals surface area contributed by atoms with Gasteiger partial charge in [0.15, 0.2) is 0 Å². The van der Waals surface area contributed by atoms with Crippen molar-refractivity contribution in [1.82, 2.24) is 5.32 Å². The predicted octanol–water partition coefficient (Wildman–Crippen LogP) is 1.56. The average Bonchev–Trinajstić information content (AvgIpc) is 2.47. The van der Waals surface area contributed by atoms with E-state index >= 15 is 0 Å². The first-order valence-corrected chi connectivity index (χ1v) is 7.17. The maximum atomic E-state index is 10.8. The third-order valence-electron chi connectivity index (χ3n) is 4.16. The molecule has 1 fully saturated rings. The first-order valence-electron chi connectivity index (χ1n) is 7.17. The summed E-state index contributed by atoms with van der Waals surface area (Å²) in [6, 6.07) is 8.04. The Hall–Kier alpha value is -1.26. The summed E-state index contributed by atoms with van der Waals surface area (Å²) in [5.41, 5.74) is 1.26. The molecule has 1 aromatic carbocycles. The molecule has 0 aromatic heterocycles. The van der Waals surface area contributed by atoms with Crippen LogP contribution in [0.2, 0.25) is 0 Å². The number of ether oxygens (including phenoxy) is 1. The molecule has 1 aromatic rings. The molecule has 21 heavy (non-hydrogen) atoms. The summed E-state index contributed by atoms with van der Waals surface area (Å²) in [5.74, 6) is -0.107. The van der Waals surface area contributed by atoms with Crippen LogP contribution in [0.4, 0.5) is 0 Å². The van der Waals surface area contributed by atoms with Crippen molar-refractivity contribution in [3.05, 3.63) is 29.8 Å². The van der Waals surface area contributed by atoms with E-state index < -0.39 is 5.97 Å². The average molecular weight is 313 g/mol. The van der Waals surface area contributed by atoms with Crippen LogP contribution in [0.1, 0.15) is 31.2 Å². The molecular weight excluding hydrogens is 290 g/mol. The van der Waals surface area contributed by atoms with Gasteiger partial charge in [0.05, 0.1) is 7.11 Å². The van der Waals surface area contributed by atoms with E-state index in [4.69, 9.17) is 4.74 Å². The zero-order valence-electron chi connectivity index (χ0n) is 12.4. The number of rotatable bonds is 6. The molecule has 0 bridgehead atoms. The number of carbonyl (C=O) groups is 1. The quantitative estimate of drug-likeness (QED) is 0.866. The fourth-order valence-electron chi connectivity index (χ4n) is 3.03. The lowest BCUT2D eigenvalue weighted by Gasteiger charge is -2.38. The second kappa shape index (κ2) is 8.25. The Bertz CT molecular complexity index is 441. The van der Waals surface area contributed by atoms with E-state index in [9.17, 15) is 9.90 Å². The van der Waals surface area contributed by atoms with E-state index in [1.54, 1.807) is 7.11 Å². The van der Waals surface area contributed by atoms with Crippen molar-refractivity contribution in [2.45, 2.75) is 32.1 Å². The lowest BCUT2D eigenvalue weighted by molar-refractivity contribution is -0.306. The molecule has 2 rings (SSSR count). The van der Waals surface area contributed by atoms with Gasteiger partial charge < -0.3 is 20.0 Å². The molecular formula is C16H23ClNO3-. The summed E-state index contributed by atoms with van der Waals surface area (Å²) in [5, 5.41) is 14.2. The van der Waals surface area contributed by atoms with E-state index in [0.717, 1.165) is 38.1 Å². The summed E-state index contributed by atoms with van der Waals surface area (Å²) in [4.78, 5) is 10.8. The Kier molecular flexibility index (Phi) is 6.99. The summed E-state index contributed by atoms with van der Waals surface area (Å²) in [6.07, 6.45) is 3.88. The molecule has 0 amide bonds. The molecule has 1 aliphatic heterocycles. The van der Waals surface area contributed by atoms with E-state index in [2.05, 4.69) is 17.4 Å². The SMILES string of the molecule is COc1ccc(CC2(CCC(=O)[O-])CCCNC2)cc1.Cl. The van der Waals surface area contributed by atoms with Crippen molar-refractivity contribution in [2.75, 3.05) is 20.2 Å². The van der Waals surface area contributed by atoms with Gasteiger partial charge in [0.2, 0.25) is 0 Å². The lowest BCUT2D eigenvalue weighted by Crippen LogP contribution is -2.42. The highest BCUT2D eigenvalue weighted by Gasteiger charge is 2.31. The molecule has 1 atom stereocenters. The summed E-state index contributed by atoms with van der Waals surface area (Å²) in [6.45, 7) is 1.90. The molecule has 1 saturated heterocycles. The van der Waals surface area contributed by atoms with Gasteiger partial charge in [-0.3, -0.25) is 0 Å². The first-order chi connectivity index (χ1) is 9.63. The molecule has 1 aliphatic rings. The highest BCUT2D eigenvalue weighted by molar-refractivity contribution is 5.85. The van der Waals surface area contributed by atoms with Crippen molar-refractivity contribution >= 4 is 18.4 Å². The van der Waals surface area contributed by atoms with Crippen LogP contribution in [0.3, 0.4) is 0 Å². The Labute approximate surface area is 132 Å². The standard InChI is InChI=1S/C16H23NO3.ClH/c1-20-14-5-3-13(4-6-14)11-16(9-7-15(18)19)8-2-10-17-12-16;/h3-6,17H,2,7-12H2,1H3,(H,18,19);1H/p-1. The molecule has 0 radical (unpaired) electrons. The van der Waals surface area contributed by atoms with E-state index in [1.165, 1.54) is 5.56 Å². The molecule has 0 spiro atoms. The number of methoxy groups -OCH3 is 1. The van der Waals surface area contributed by atoms with E-state index in [-0.39, 0.29) is 24.2 Å². The fraction of sp³-hybridized carbons (Fsp3) is 0.562. The normalized spacial score (nSPS) is 21.4. The third kappa shape index (κ3) is 5.21. The van der Waals surface area contributed by atoms with Gasteiger partial charge in [-0.2, -0.15) is 0 Å². The monoisotopic (exact) mass is 312 g/mol. The van der Waals surface area contributed by atoms with Gasteiger partial charge in [-0.1, -0.05) is 12.1 Å². The highest BCUT2D eigenvalue weighted by atomic mass is 35.5. The predicted molar refractivity (Wildman–Crippen MR) is 82.7 cm³/mol. The minimum absolute atomic E-state index is 0. The van der Waals surface area contributed by atoms with Crippen LogP contribution >= 0.6 is 12.4 Å². The van der Waals surface area contributed by atoms with Crippen molar-refractivity contribution in [1.29, 1.82) is 0 Å². The largest absolute Gasteiger partial charge is 0.550 e. The molecule has 1 heterocycles. The Morgan fingerprint density at radius 1 is 1.38 bits per heavy atom. The van der Waals surface area contributed by atoms with Crippen molar-refractivity contribution in [3.8, 4) is 5.75 Å². The van der Waals surface area contributed by atoms with Gasteiger partial charge in [-0.05, 0) is 61.8 Å². The third-order valence-corrected chi connectivity index (χ3v) is 4.16. The van der Waals surface area contributed by atoms with Crippen LogP contribution in [0.5, 0.6) is 5.75 Å². The maximum absolute atomic E-state index is 10.8. The van der Waals surface area contributed by atoms with Gasteiger partial charge in [-0.15, -0.1) is 12.4 Å². The van der Waals surface area contributed by atoms with Gasteiger partial charge >= 0.3 is 0 Å². The fourth-order valence-corrected chi connectivity index (χ4v) is 3.03. The van der Waals surface area contributed by atoms with Crippen LogP contribution in [0, 0.1) is 5.41 Å². The molecule has 0 aliphatic carbocycles. The minimum Gasteiger partial charge on any atom is -0.550 e. The number of piperidine rings is 1.